The van der Waals surface area contributed by atoms with Gasteiger partial charge >= 0.3 is 5.97 Å². The number of nitrogens with zero attached hydrogens (tertiary/aromatic N) is 8. The second-order valence-electron chi connectivity index (χ2n) is 23.2. The second kappa shape index (κ2) is 29.8. The third-order valence-corrected chi connectivity index (χ3v) is 17.2. The van der Waals surface area contributed by atoms with Gasteiger partial charge in [-0.25, -0.2) is 13.8 Å². The molecule has 6 rings (SSSR count). The van der Waals surface area contributed by atoms with Crippen LogP contribution in [0.15, 0.2) is 48.0 Å². The van der Waals surface area contributed by atoms with E-state index in [4.69, 9.17) is 52.2 Å². The molecule has 0 unspecified atom stereocenters. The number of methoxy groups -OCH3 is 4. The molecule has 464 valence electrons. The van der Waals surface area contributed by atoms with Crippen molar-refractivity contribution in [2.45, 2.75) is 198 Å². The van der Waals surface area contributed by atoms with Gasteiger partial charge in [0.1, 0.15) is 42.7 Å². The number of hydrogen-bond acceptors (Lipinski definition) is 22. The van der Waals surface area contributed by atoms with Crippen LogP contribution in [0.3, 0.4) is 0 Å². The Labute approximate surface area is 482 Å². The maximum Gasteiger partial charge on any atom is 0.311 e. The van der Waals surface area contributed by atoms with Crippen molar-refractivity contribution in [2.75, 3.05) is 68.7 Å². The van der Waals surface area contributed by atoms with Crippen LogP contribution in [-0.2, 0) is 63.4 Å². The fraction of sp³-hybridized carbons (Fsp3) is 0.789. The van der Waals surface area contributed by atoms with E-state index >= 15 is 0 Å². The summed E-state index contributed by atoms with van der Waals surface area (Å²) in [4.78, 5) is 22.5. The number of carbonyl (C=O) groups excluding carboxylic acids is 1. The van der Waals surface area contributed by atoms with Crippen LogP contribution >= 0.6 is 0 Å². The van der Waals surface area contributed by atoms with Gasteiger partial charge in [-0.05, 0) is 85.5 Å². The molecule has 24 nitrogen and oxygen atoms in total. The lowest BCUT2D eigenvalue weighted by atomic mass is 9.73. The van der Waals surface area contributed by atoms with Gasteiger partial charge in [-0.2, -0.15) is 0 Å². The minimum absolute atomic E-state index is 0.0760. The smallest absolute Gasteiger partial charge is 0.311 e. The van der Waals surface area contributed by atoms with Gasteiger partial charge in [0, 0.05) is 77.8 Å². The third kappa shape index (κ3) is 15.6. The van der Waals surface area contributed by atoms with Crippen LogP contribution in [-0.4, -0.2) is 220 Å². The van der Waals surface area contributed by atoms with E-state index in [2.05, 4.69) is 25.8 Å². The van der Waals surface area contributed by atoms with Crippen LogP contribution in [0.2, 0.25) is 0 Å². The van der Waals surface area contributed by atoms with E-state index in [1.165, 1.54) is 32.9 Å². The number of likely N-dealkylation sites (N-methyl/N-ethyl adjacent to an activating group) is 1. The molecule has 2 aromatic heterocycles. The predicted molar refractivity (Wildman–Crippen MR) is 296 cm³/mol. The number of benzene rings is 1. The molecule has 0 aliphatic carbocycles. The highest BCUT2D eigenvalue weighted by atomic mass is 19.1. The first-order chi connectivity index (χ1) is 38.9. The molecule has 3 aromatic rings. The molecule has 25 heteroatoms. The quantitative estimate of drug-likeness (QED) is 0.0439. The average molecular weight is 1170 g/mol. The number of aromatic nitrogens is 6. The molecular weight excluding hydrogens is 1070 g/mol. The van der Waals surface area contributed by atoms with Crippen molar-refractivity contribution in [1.82, 2.24) is 34.9 Å². The van der Waals surface area contributed by atoms with Crippen LogP contribution in [0.1, 0.15) is 118 Å². The molecule has 3 aliphatic rings. The number of alkyl halides is 1. The van der Waals surface area contributed by atoms with Crippen molar-refractivity contribution in [3.8, 4) is 5.69 Å². The summed E-state index contributed by atoms with van der Waals surface area (Å²) in [5.41, 5.74) is -1.96. The highest BCUT2D eigenvalue weighted by molar-refractivity contribution is 5.88. The number of rotatable bonds is 23. The summed E-state index contributed by atoms with van der Waals surface area (Å²) in [7, 11) is 8.00. The predicted octanol–water partition coefficient (Wildman–Crippen LogP) is 4.55. The topological polar surface area (TPSA) is 277 Å². The Morgan fingerprint density at radius 3 is 2.24 bits per heavy atom. The minimum atomic E-state index is -1.99. The monoisotopic (exact) mass is 1160 g/mol. The normalized spacial score (nSPS) is 36.7. The molecule has 0 saturated carbocycles. The molecule has 20 atom stereocenters. The summed E-state index contributed by atoms with van der Waals surface area (Å²) in [6.45, 7) is 17.4. The Kier molecular flexibility index (Phi) is 24.3. The number of halogens is 1. The lowest BCUT2D eigenvalue weighted by Crippen LogP contribution is -2.61. The van der Waals surface area contributed by atoms with E-state index in [1.807, 2.05) is 63.9 Å². The van der Waals surface area contributed by atoms with Crippen LogP contribution < -0.4 is 0 Å². The molecule has 1 aromatic carbocycles. The summed E-state index contributed by atoms with van der Waals surface area (Å²) in [5.74, 6) is -4.09. The Morgan fingerprint density at radius 1 is 0.915 bits per heavy atom. The SMILES string of the molecule is CC[C@H]1OC(=O)[C@H](C)[C@@H](O[C@H]2C[C@@](C)(OC)[C@@H](O)[C@H](C)O2)[C@H](C)[C@@H](O[C@@H]2O[C@H](C)C[C@H](N(C)CCc3cn([C@H](CF)[C@H](OC)c4ccc(-n5ccnn5)cc4)nn3)[C@H]2O)[C@](C)(OC)C[C@@H](C)/C(=N\OCOCCOC)[C@H](C)[C@@H](O)[C@]1(C)O. The lowest BCUT2D eigenvalue weighted by Gasteiger charge is -2.50. The van der Waals surface area contributed by atoms with Gasteiger partial charge in [0.15, 0.2) is 12.6 Å². The van der Waals surface area contributed by atoms with E-state index in [1.54, 1.807) is 65.0 Å². The van der Waals surface area contributed by atoms with Gasteiger partial charge in [-0.15, -0.1) is 10.2 Å². The molecule has 3 fully saturated rings. The van der Waals surface area contributed by atoms with Crippen molar-refractivity contribution in [1.29, 1.82) is 0 Å². The first-order valence-corrected chi connectivity index (χ1v) is 28.5. The zero-order chi connectivity index (χ0) is 60.3. The van der Waals surface area contributed by atoms with Crippen molar-refractivity contribution in [2.24, 2.45) is 28.8 Å². The van der Waals surface area contributed by atoms with Gasteiger partial charge in [0.2, 0.25) is 6.79 Å². The summed E-state index contributed by atoms with van der Waals surface area (Å²) in [6, 6.07) is 6.08. The van der Waals surface area contributed by atoms with Crippen LogP contribution in [0.5, 0.6) is 0 Å². The maximum atomic E-state index is 15.0. The summed E-state index contributed by atoms with van der Waals surface area (Å²) in [6.07, 6.45) is -5.10. The third-order valence-electron chi connectivity index (χ3n) is 17.2. The molecule has 0 radical (unpaired) electrons. The van der Waals surface area contributed by atoms with Crippen LogP contribution in [0.4, 0.5) is 4.39 Å². The zero-order valence-corrected chi connectivity index (χ0v) is 50.6. The second-order valence-corrected chi connectivity index (χ2v) is 23.2. The van der Waals surface area contributed by atoms with E-state index in [0.29, 0.717) is 37.4 Å². The molecule has 0 amide bonds. The van der Waals surface area contributed by atoms with Gasteiger partial charge in [0.25, 0.3) is 0 Å². The highest BCUT2D eigenvalue weighted by Crippen LogP contribution is 2.42. The van der Waals surface area contributed by atoms with E-state index in [-0.39, 0.29) is 32.7 Å². The molecule has 0 spiro atoms. The molecule has 3 saturated heterocycles. The number of aliphatic hydroxyl groups is 4. The van der Waals surface area contributed by atoms with E-state index in [9.17, 15) is 29.6 Å². The molecule has 0 bridgehead atoms. The fourth-order valence-corrected chi connectivity index (χ4v) is 12.0. The number of oxime groups is 1. The van der Waals surface area contributed by atoms with Gasteiger partial charge in [-0.3, -0.25) is 4.79 Å². The lowest BCUT2D eigenvalue weighted by molar-refractivity contribution is -0.319. The Morgan fingerprint density at radius 2 is 1.62 bits per heavy atom. The average Bonchev–Trinajstić information content (AvgIpc) is 4.32. The maximum absolute atomic E-state index is 15.0. The number of hydrogen-bond donors (Lipinski definition) is 4. The van der Waals surface area contributed by atoms with Gasteiger partial charge in [0.05, 0.1) is 90.3 Å². The van der Waals surface area contributed by atoms with Gasteiger partial charge < -0.3 is 77.5 Å². The summed E-state index contributed by atoms with van der Waals surface area (Å²) < 4.78 is 80.1. The molecule has 3 aliphatic heterocycles. The van der Waals surface area contributed by atoms with Crippen LogP contribution in [0.25, 0.3) is 5.69 Å². The first-order valence-electron chi connectivity index (χ1n) is 28.5. The van der Waals surface area contributed by atoms with E-state index < -0.39 is 133 Å². The zero-order valence-electron chi connectivity index (χ0n) is 50.6. The number of esters is 1. The van der Waals surface area contributed by atoms with Crippen LogP contribution in [0, 0.1) is 23.7 Å². The Balaban J connectivity index is 1.32. The summed E-state index contributed by atoms with van der Waals surface area (Å²) in [5, 5.41) is 69.3. The summed E-state index contributed by atoms with van der Waals surface area (Å²) >= 11 is 0. The highest BCUT2D eigenvalue weighted by Gasteiger charge is 2.54. The Hall–Kier alpha value is -4.19. The first kappa shape index (κ1) is 66.9. The van der Waals surface area contributed by atoms with Crippen molar-refractivity contribution in [3.05, 3.63) is 54.1 Å². The molecule has 4 N–H and O–H groups in total. The van der Waals surface area contributed by atoms with E-state index in [0.717, 1.165) is 11.3 Å². The van der Waals surface area contributed by atoms with Crippen molar-refractivity contribution >= 4 is 11.7 Å². The van der Waals surface area contributed by atoms with Crippen molar-refractivity contribution in [3.63, 3.8) is 0 Å². The molecular formula is C57H93FN8O16. The Bertz CT molecular complexity index is 2430. The van der Waals surface area contributed by atoms with Gasteiger partial charge in [-0.1, -0.05) is 55.4 Å². The minimum Gasteiger partial charge on any atom is -0.459 e. The standard InChI is InChI=1S/C57H93FN8O16/c1-16-44-57(10,71)50(68)35(4)46(61-77-32-76-26-25-72-12)33(2)28-56(9,75-15)52(36(5)48(37(6)53(70)80-44)81-45-29-55(8,74-14)51(69)38(7)79-45)82-54-47(67)42(27-34(3)78-54)64(11)23-21-40-31-66(63-60-40)43(30-58)49(73-13)39-17-19-41(20-18-39)65-24-22-59-62-65/h17-20,22,24,31,33-38,42-45,47-52,54,67-69,71H,16,21,23,25-30,32H2,1-15H3/b61-46+/t33-,34-,35+,36+,37-,38+,42+,43-,44-,45+,47-,48+,49-,50-,51+,52-,54+,55-,56-,57-/m1/s1. The molecule has 82 heavy (non-hydrogen) atoms. The largest absolute Gasteiger partial charge is 0.459 e. The molecule has 5 heterocycles. The number of aliphatic hydroxyl groups excluding tert-OH is 3. The van der Waals surface area contributed by atoms with Crippen molar-refractivity contribution < 1.29 is 81.8 Å². The number of carbonyl (C=O) groups is 1. The fourth-order valence-electron chi connectivity index (χ4n) is 12.0. The number of cyclic esters (lactones) is 1. The number of ether oxygens (including phenoxy) is 10.